The second-order valence-corrected chi connectivity index (χ2v) is 5.39. The van der Waals surface area contributed by atoms with Gasteiger partial charge in [-0.05, 0) is 24.4 Å². The summed E-state index contributed by atoms with van der Waals surface area (Å²) in [6, 6.07) is 5.78. The van der Waals surface area contributed by atoms with E-state index in [2.05, 4.69) is 16.4 Å². The Balaban J connectivity index is 2.12. The van der Waals surface area contributed by atoms with Crippen molar-refractivity contribution in [2.75, 3.05) is 11.1 Å². The van der Waals surface area contributed by atoms with Crippen LogP contribution >= 0.6 is 11.3 Å². The Morgan fingerprint density at radius 1 is 1.58 bits per heavy atom. The third-order valence-corrected chi connectivity index (χ3v) is 3.54. The maximum Gasteiger partial charge on any atom is 0.252 e. The van der Waals surface area contributed by atoms with Crippen LogP contribution in [-0.2, 0) is 6.42 Å². The van der Waals surface area contributed by atoms with Gasteiger partial charge in [-0.1, -0.05) is 6.07 Å². The van der Waals surface area contributed by atoms with E-state index in [0.29, 0.717) is 17.1 Å². The van der Waals surface area contributed by atoms with Crippen molar-refractivity contribution in [2.24, 2.45) is 5.73 Å². The van der Waals surface area contributed by atoms with Gasteiger partial charge in [-0.3, -0.25) is 4.79 Å². The molecule has 19 heavy (non-hydrogen) atoms. The fraction of sp³-hybridized carbons (Fsp3) is 0.231. The van der Waals surface area contributed by atoms with E-state index < -0.39 is 5.91 Å². The van der Waals surface area contributed by atoms with Crippen molar-refractivity contribution < 1.29 is 4.79 Å². The molecule has 0 saturated heterocycles. The van der Waals surface area contributed by atoms with Crippen LogP contribution in [0.25, 0.3) is 0 Å². The molecule has 2 aromatic heterocycles. The molecule has 0 aliphatic carbocycles. The molecular formula is C13H16N4OS. The minimum Gasteiger partial charge on any atom is -0.397 e. The van der Waals surface area contributed by atoms with Gasteiger partial charge in [0.15, 0.2) is 0 Å². The number of hydrogen-bond acceptors (Lipinski definition) is 5. The number of hydrogen-bond donors (Lipinski definition) is 3. The van der Waals surface area contributed by atoms with Crippen LogP contribution in [0.5, 0.6) is 0 Å². The lowest BCUT2D eigenvalue weighted by atomic mass is 10.1. The molecule has 0 aliphatic rings. The number of aromatic nitrogens is 1. The molecule has 1 amide bonds. The molecule has 2 rings (SSSR count). The van der Waals surface area contributed by atoms with Gasteiger partial charge in [-0.2, -0.15) is 0 Å². The lowest BCUT2D eigenvalue weighted by Gasteiger charge is -2.15. The molecular weight excluding hydrogens is 260 g/mol. The Labute approximate surface area is 115 Å². The molecule has 100 valence electrons. The lowest BCUT2D eigenvalue weighted by Crippen LogP contribution is -2.22. The van der Waals surface area contributed by atoms with Gasteiger partial charge in [-0.15, -0.1) is 11.3 Å². The zero-order chi connectivity index (χ0) is 13.8. The molecule has 1 atom stereocenters. The topological polar surface area (TPSA) is 94.0 Å². The number of pyridine rings is 1. The van der Waals surface area contributed by atoms with Gasteiger partial charge >= 0.3 is 0 Å². The molecule has 0 radical (unpaired) electrons. The summed E-state index contributed by atoms with van der Waals surface area (Å²) in [5.41, 5.74) is 11.7. The molecule has 2 heterocycles. The number of nitrogens with zero attached hydrogens (tertiary/aromatic N) is 1. The molecule has 0 saturated carbocycles. The Hall–Kier alpha value is -2.08. The highest BCUT2D eigenvalue weighted by Crippen LogP contribution is 2.18. The first-order valence-corrected chi connectivity index (χ1v) is 6.78. The molecule has 0 bridgehead atoms. The van der Waals surface area contributed by atoms with E-state index in [1.54, 1.807) is 11.3 Å². The summed E-state index contributed by atoms with van der Waals surface area (Å²) in [7, 11) is 0. The third-order valence-electron chi connectivity index (χ3n) is 2.64. The first kappa shape index (κ1) is 13.4. The predicted molar refractivity (Wildman–Crippen MR) is 78.3 cm³/mol. The number of nitrogens with two attached hydrogens (primary N) is 2. The second-order valence-electron chi connectivity index (χ2n) is 4.36. The molecule has 5 N–H and O–H groups in total. The number of thiophene rings is 1. The van der Waals surface area contributed by atoms with Crippen LogP contribution in [0.15, 0.2) is 29.8 Å². The summed E-state index contributed by atoms with van der Waals surface area (Å²) in [5, 5.41) is 5.24. The largest absolute Gasteiger partial charge is 0.397 e. The molecule has 0 spiro atoms. The first-order chi connectivity index (χ1) is 9.06. The van der Waals surface area contributed by atoms with Crippen molar-refractivity contribution in [3.63, 3.8) is 0 Å². The maximum atomic E-state index is 11.4. The molecule has 2 aromatic rings. The average molecular weight is 276 g/mol. The van der Waals surface area contributed by atoms with E-state index in [9.17, 15) is 4.79 Å². The highest BCUT2D eigenvalue weighted by molar-refractivity contribution is 7.09. The Morgan fingerprint density at radius 2 is 2.37 bits per heavy atom. The second kappa shape index (κ2) is 5.71. The van der Waals surface area contributed by atoms with Crippen molar-refractivity contribution in [3.05, 3.63) is 40.2 Å². The van der Waals surface area contributed by atoms with Gasteiger partial charge < -0.3 is 16.8 Å². The number of nitrogen functional groups attached to an aromatic ring is 1. The summed E-state index contributed by atoms with van der Waals surface area (Å²) < 4.78 is 0. The summed E-state index contributed by atoms with van der Waals surface area (Å²) in [4.78, 5) is 16.8. The monoisotopic (exact) mass is 276 g/mol. The van der Waals surface area contributed by atoms with Crippen molar-refractivity contribution in [3.8, 4) is 0 Å². The van der Waals surface area contributed by atoms with Crippen LogP contribution in [0.2, 0.25) is 0 Å². The number of anilines is 2. The van der Waals surface area contributed by atoms with Crippen LogP contribution in [0.1, 0.15) is 22.2 Å². The Kier molecular flexibility index (Phi) is 4.01. The van der Waals surface area contributed by atoms with Crippen molar-refractivity contribution in [2.45, 2.75) is 19.4 Å². The van der Waals surface area contributed by atoms with E-state index in [4.69, 9.17) is 11.5 Å². The van der Waals surface area contributed by atoms with Gasteiger partial charge in [0.1, 0.15) is 5.82 Å². The molecule has 5 nitrogen and oxygen atoms in total. The number of primary amides is 1. The molecule has 1 unspecified atom stereocenters. The molecule has 6 heteroatoms. The Bertz CT molecular complexity index is 568. The van der Waals surface area contributed by atoms with Crippen LogP contribution < -0.4 is 16.8 Å². The van der Waals surface area contributed by atoms with E-state index in [1.807, 2.05) is 18.4 Å². The quantitative estimate of drug-likeness (QED) is 0.777. The summed E-state index contributed by atoms with van der Waals surface area (Å²) in [6.07, 6.45) is 2.37. The standard InChI is InChI=1S/C13H16N4OS/c1-8(5-10-3-2-4-19-10)17-13-11(12(15)18)6-9(14)7-16-13/h2-4,6-8H,5,14H2,1H3,(H2,15,18)(H,16,17). The summed E-state index contributed by atoms with van der Waals surface area (Å²) in [5.74, 6) is -0.0589. The Morgan fingerprint density at radius 3 is 3.00 bits per heavy atom. The lowest BCUT2D eigenvalue weighted by molar-refractivity contribution is 0.100. The van der Waals surface area contributed by atoms with E-state index in [-0.39, 0.29) is 6.04 Å². The van der Waals surface area contributed by atoms with Gasteiger partial charge in [0, 0.05) is 17.3 Å². The average Bonchev–Trinajstić information content (AvgIpc) is 2.83. The third kappa shape index (κ3) is 3.45. The van der Waals surface area contributed by atoms with E-state index in [1.165, 1.54) is 17.1 Å². The van der Waals surface area contributed by atoms with Crippen LogP contribution in [0.3, 0.4) is 0 Å². The number of rotatable bonds is 5. The van der Waals surface area contributed by atoms with Gasteiger partial charge in [-0.25, -0.2) is 4.98 Å². The highest BCUT2D eigenvalue weighted by Gasteiger charge is 2.13. The summed E-state index contributed by atoms with van der Waals surface area (Å²) in [6.45, 7) is 2.03. The minimum absolute atomic E-state index is 0.146. The molecule has 0 fully saturated rings. The molecule has 0 aromatic carbocycles. The zero-order valence-electron chi connectivity index (χ0n) is 10.6. The number of amides is 1. The minimum atomic E-state index is -0.536. The van der Waals surface area contributed by atoms with Crippen molar-refractivity contribution in [1.29, 1.82) is 0 Å². The SMILES string of the molecule is CC(Cc1cccs1)Nc1ncc(N)cc1C(N)=O. The number of nitrogens with one attached hydrogen (secondary N) is 1. The van der Waals surface area contributed by atoms with Crippen LogP contribution in [0.4, 0.5) is 11.5 Å². The van der Waals surface area contributed by atoms with Crippen molar-refractivity contribution >= 4 is 28.7 Å². The first-order valence-electron chi connectivity index (χ1n) is 5.90. The molecule has 0 aliphatic heterocycles. The maximum absolute atomic E-state index is 11.4. The van der Waals surface area contributed by atoms with Gasteiger partial charge in [0.25, 0.3) is 5.91 Å². The van der Waals surface area contributed by atoms with E-state index in [0.717, 1.165) is 6.42 Å². The van der Waals surface area contributed by atoms with Crippen molar-refractivity contribution in [1.82, 2.24) is 4.98 Å². The fourth-order valence-corrected chi connectivity index (χ4v) is 2.63. The van der Waals surface area contributed by atoms with Crippen LogP contribution in [-0.4, -0.2) is 16.9 Å². The smallest absolute Gasteiger partial charge is 0.252 e. The zero-order valence-corrected chi connectivity index (χ0v) is 11.4. The van der Waals surface area contributed by atoms with Gasteiger partial charge in [0.2, 0.25) is 0 Å². The fourth-order valence-electron chi connectivity index (χ4n) is 1.80. The predicted octanol–water partition coefficient (Wildman–Crippen LogP) is 1.87. The van der Waals surface area contributed by atoms with E-state index >= 15 is 0 Å². The van der Waals surface area contributed by atoms with Gasteiger partial charge in [0.05, 0.1) is 17.4 Å². The number of carbonyl (C=O) groups is 1. The highest BCUT2D eigenvalue weighted by atomic mass is 32.1. The van der Waals surface area contributed by atoms with Crippen LogP contribution in [0, 0.1) is 0 Å². The summed E-state index contributed by atoms with van der Waals surface area (Å²) >= 11 is 1.70. The normalized spacial score (nSPS) is 12.1. The number of carbonyl (C=O) groups excluding carboxylic acids is 1.